The molecule has 0 spiro atoms. The molecule has 10 heavy (non-hydrogen) atoms. The Morgan fingerprint density at radius 1 is 1.80 bits per heavy atom. The van der Waals surface area contributed by atoms with Crippen LogP contribution in [0.2, 0.25) is 0 Å². The summed E-state index contributed by atoms with van der Waals surface area (Å²) in [6, 6.07) is 0. The fourth-order valence-corrected chi connectivity index (χ4v) is 11.5. The van der Waals surface area contributed by atoms with Crippen molar-refractivity contribution in [2.45, 2.75) is 30.6 Å². The van der Waals surface area contributed by atoms with Crippen molar-refractivity contribution in [2.24, 2.45) is 5.92 Å². The Bertz CT molecular complexity index is 120. The predicted octanol–water partition coefficient (Wildman–Crippen LogP) is -0.376. The van der Waals surface area contributed by atoms with E-state index in [1.807, 2.05) is 0 Å². The third-order valence-electron chi connectivity index (χ3n) is 2.00. The van der Waals surface area contributed by atoms with Gasteiger partial charge in [0.2, 0.25) is 0 Å². The second-order valence-electron chi connectivity index (χ2n) is 2.70. The van der Waals surface area contributed by atoms with Gasteiger partial charge < -0.3 is 0 Å². The van der Waals surface area contributed by atoms with Gasteiger partial charge in [0.05, 0.1) is 0 Å². The van der Waals surface area contributed by atoms with E-state index in [2.05, 4.69) is 17.9 Å². The molecule has 0 saturated heterocycles. The Kier molecular flexibility index (Phi) is 4.77. The van der Waals surface area contributed by atoms with E-state index in [-0.39, 0.29) is 0 Å². The number of halogens is 2. The quantitative estimate of drug-likeness (QED) is 0.463. The van der Waals surface area contributed by atoms with Crippen LogP contribution in [-0.4, -0.2) is 10.4 Å². The van der Waals surface area contributed by atoms with Gasteiger partial charge in [0.1, 0.15) is 0 Å². The van der Waals surface area contributed by atoms with Crippen LogP contribution in [0.1, 0.15) is 26.7 Å². The van der Waals surface area contributed by atoms with Gasteiger partial charge in [-0.3, -0.25) is 0 Å². The van der Waals surface area contributed by atoms with Crippen molar-refractivity contribution in [3.8, 4) is 0 Å². The Balaban J connectivity index is 2.33. The van der Waals surface area contributed by atoms with Gasteiger partial charge in [0.15, 0.2) is 0 Å². The monoisotopic (exact) mass is 365 g/mol. The standard InChI is InChI=1S/C8H15I2/c1-3-7(2)8-4-5-9-6-10-8/h5,7-8H,3-4,6H2,1-2H3/q-1. The molecule has 1 rings (SSSR count). The van der Waals surface area contributed by atoms with Gasteiger partial charge in [-0.05, 0) is 0 Å². The fraction of sp³-hybridized carbons (Fsp3) is 0.875. The van der Waals surface area contributed by atoms with Crippen LogP contribution in [0.3, 0.4) is 0 Å². The minimum atomic E-state index is 0.581. The van der Waals surface area contributed by atoms with Crippen LogP contribution >= 0.6 is 20.7 Å². The normalized spacial score (nSPS) is 30.0. The van der Waals surface area contributed by atoms with E-state index in [0.29, 0.717) is 41.9 Å². The molecule has 2 atom stereocenters. The molecular formula is C8H15I2-. The molecule has 0 aromatic heterocycles. The molecular weight excluding hydrogens is 350 g/mol. The van der Waals surface area contributed by atoms with Crippen molar-refractivity contribution < 1.29 is 21.2 Å². The van der Waals surface area contributed by atoms with Crippen LogP contribution in [0, 0.1) is 5.92 Å². The molecule has 0 aromatic rings. The average Bonchev–Trinajstić information content (AvgIpc) is 2.05. The number of rotatable bonds is 2. The Labute approximate surface area is 84.2 Å². The summed E-state index contributed by atoms with van der Waals surface area (Å²) >= 11 is 1.20. The summed E-state index contributed by atoms with van der Waals surface area (Å²) in [7, 11) is 0. The summed E-state index contributed by atoms with van der Waals surface area (Å²) in [5, 5.41) is 0. The first kappa shape index (κ1) is 9.42. The molecule has 2 unspecified atom stereocenters. The molecule has 0 aromatic carbocycles. The molecule has 1 aliphatic rings. The van der Waals surface area contributed by atoms with Crippen LogP contribution in [0.4, 0.5) is 0 Å². The molecule has 0 radical (unpaired) electrons. The zero-order valence-electron chi connectivity index (χ0n) is 6.61. The van der Waals surface area contributed by atoms with Crippen molar-refractivity contribution in [1.82, 2.24) is 0 Å². The molecule has 0 aliphatic carbocycles. The molecule has 2 heteroatoms. The zero-order valence-corrected chi connectivity index (χ0v) is 10.9. The van der Waals surface area contributed by atoms with E-state index in [1.54, 1.807) is 2.43 Å². The molecule has 1 aliphatic heterocycles. The Morgan fingerprint density at radius 3 is 3.10 bits per heavy atom. The second kappa shape index (κ2) is 5.06. The molecule has 0 fully saturated rings. The van der Waals surface area contributed by atoms with Crippen LogP contribution in [0.25, 0.3) is 0 Å². The van der Waals surface area contributed by atoms with Crippen molar-refractivity contribution in [1.29, 1.82) is 0 Å². The summed E-state index contributed by atoms with van der Waals surface area (Å²) in [5.74, 6) is 1.02. The maximum absolute atomic E-state index is 2.61. The first-order chi connectivity index (χ1) is 4.84. The maximum atomic E-state index is 2.61. The van der Waals surface area contributed by atoms with Gasteiger partial charge in [-0.2, -0.15) is 0 Å². The summed E-state index contributed by atoms with van der Waals surface area (Å²) in [6.45, 7) is 4.76. The molecule has 0 saturated carbocycles. The van der Waals surface area contributed by atoms with Crippen LogP contribution in [-0.2, 0) is 0 Å². The predicted molar refractivity (Wildman–Crippen MR) is 52.8 cm³/mol. The van der Waals surface area contributed by atoms with Gasteiger partial charge in [-0.1, -0.05) is 0 Å². The zero-order chi connectivity index (χ0) is 7.40. The van der Waals surface area contributed by atoms with Crippen molar-refractivity contribution in [3.63, 3.8) is 0 Å². The minimum absolute atomic E-state index is 0.581. The SMILES string of the molecule is CCC(C)C1CC=IC[I-]1. The summed E-state index contributed by atoms with van der Waals surface area (Å²) in [6.07, 6.45) is 2.88. The fourth-order valence-electron chi connectivity index (χ4n) is 1.00. The molecule has 0 amide bonds. The van der Waals surface area contributed by atoms with Crippen LogP contribution in [0.5, 0.6) is 0 Å². The van der Waals surface area contributed by atoms with Crippen molar-refractivity contribution in [3.05, 3.63) is 0 Å². The third-order valence-corrected chi connectivity index (χ3v) is 11.1. The number of hydrogen-bond acceptors (Lipinski definition) is 0. The summed E-state index contributed by atoms with van der Waals surface area (Å²) in [4.78, 5) is 0. The van der Waals surface area contributed by atoms with Gasteiger partial charge in [0, 0.05) is 0 Å². The molecule has 0 N–H and O–H groups in total. The topological polar surface area (TPSA) is 0 Å². The third kappa shape index (κ3) is 2.75. The number of alkyl halides is 3. The second-order valence-corrected chi connectivity index (χ2v) is 11.4. The van der Waals surface area contributed by atoms with E-state index in [4.69, 9.17) is 0 Å². The van der Waals surface area contributed by atoms with E-state index in [0.717, 1.165) is 9.84 Å². The van der Waals surface area contributed by atoms with Crippen molar-refractivity contribution >= 4 is 24.7 Å². The summed E-state index contributed by atoms with van der Waals surface area (Å²) < 4.78 is 5.42. The first-order valence-corrected chi connectivity index (χ1v) is 9.36. The molecule has 62 valence electrons. The van der Waals surface area contributed by atoms with Gasteiger partial charge in [-0.15, -0.1) is 0 Å². The van der Waals surface area contributed by atoms with E-state index < -0.39 is 0 Å². The van der Waals surface area contributed by atoms with E-state index in [9.17, 15) is 0 Å². The summed E-state index contributed by atoms with van der Waals surface area (Å²) in [5.41, 5.74) is 0. The molecule has 1 heterocycles. The average molecular weight is 365 g/mol. The van der Waals surface area contributed by atoms with E-state index in [1.165, 1.54) is 12.8 Å². The van der Waals surface area contributed by atoms with Crippen molar-refractivity contribution in [2.75, 3.05) is 2.43 Å². The van der Waals surface area contributed by atoms with Gasteiger partial charge in [-0.25, -0.2) is 0 Å². The van der Waals surface area contributed by atoms with Gasteiger partial charge in [0.25, 0.3) is 0 Å². The molecule has 0 nitrogen and oxygen atoms in total. The number of hydrogen-bond donors (Lipinski definition) is 0. The molecule has 0 bridgehead atoms. The first-order valence-electron chi connectivity index (χ1n) is 3.81. The Hall–Kier alpha value is 1.33. The van der Waals surface area contributed by atoms with Crippen LogP contribution < -0.4 is 21.2 Å². The Morgan fingerprint density at radius 2 is 2.60 bits per heavy atom. The van der Waals surface area contributed by atoms with Gasteiger partial charge >= 0.3 is 84.9 Å². The van der Waals surface area contributed by atoms with Crippen LogP contribution in [0.15, 0.2) is 0 Å². The van der Waals surface area contributed by atoms with E-state index >= 15 is 0 Å².